The first-order valence-electron chi connectivity index (χ1n) is 10.6. The van der Waals surface area contributed by atoms with Crippen LogP contribution >= 0.6 is 0 Å². The van der Waals surface area contributed by atoms with Crippen LogP contribution in [0.3, 0.4) is 0 Å². The van der Waals surface area contributed by atoms with Crippen molar-refractivity contribution in [3.63, 3.8) is 0 Å². The van der Waals surface area contributed by atoms with Crippen LogP contribution in [0.4, 0.5) is 0 Å². The molecule has 2 saturated heterocycles. The van der Waals surface area contributed by atoms with E-state index in [2.05, 4.69) is 49.2 Å². The second-order valence-electron chi connectivity index (χ2n) is 7.61. The van der Waals surface area contributed by atoms with Crippen LogP contribution in [-0.2, 0) is 14.2 Å². The molecule has 1 N–H and O–H groups in total. The fourth-order valence-electron chi connectivity index (χ4n) is 3.85. The zero-order valence-electron chi connectivity index (χ0n) is 17.6. The maximum absolute atomic E-state index is 6.08. The second-order valence-corrected chi connectivity index (χ2v) is 7.61. The predicted molar refractivity (Wildman–Crippen MR) is 112 cm³/mol. The van der Waals surface area contributed by atoms with E-state index in [1.54, 1.807) is 0 Å². The van der Waals surface area contributed by atoms with Gasteiger partial charge in [0.25, 0.3) is 0 Å². The molecular formula is C22H35N3O3. The van der Waals surface area contributed by atoms with Crippen molar-refractivity contribution in [1.82, 2.24) is 10.2 Å². The number of aliphatic imine (C=N–C) groups is 1. The van der Waals surface area contributed by atoms with E-state index < -0.39 is 0 Å². The first kappa shape index (κ1) is 21.1. The lowest BCUT2D eigenvalue weighted by Gasteiger charge is -2.36. The number of morpholine rings is 1. The number of rotatable bonds is 7. The Hall–Kier alpha value is -1.63. The van der Waals surface area contributed by atoms with Crippen LogP contribution in [0.2, 0.25) is 0 Å². The number of nitrogens with one attached hydrogen (secondary N) is 1. The van der Waals surface area contributed by atoms with Crippen LogP contribution in [-0.4, -0.2) is 69.6 Å². The summed E-state index contributed by atoms with van der Waals surface area (Å²) in [6, 6.07) is 6.58. The van der Waals surface area contributed by atoms with Gasteiger partial charge < -0.3 is 24.4 Å². The summed E-state index contributed by atoms with van der Waals surface area (Å²) in [6.07, 6.45) is 2.61. The van der Waals surface area contributed by atoms with Crippen molar-refractivity contribution in [2.45, 2.75) is 45.8 Å². The molecule has 0 radical (unpaired) electrons. The molecule has 1 aromatic carbocycles. The van der Waals surface area contributed by atoms with Crippen LogP contribution < -0.4 is 5.32 Å². The maximum Gasteiger partial charge on any atom is 0.194 e. The Kier molecular flexibility index (Phi) is 8.13. The van der Waals surface area contributed by atoms with Crippen LogP contribution in [0.15, 0.2) is 23.2 Å². The number of aryl methyl sites for hydroxylation is 2. The van der Waals surface area contributed by atoms with Crippen molar-refractivity contribution in [3.8, 4) is 0 Å². The van der Waals surface area contributed by atoms with Crippen LogP contribution in [0.1, 0.15) is 42.6 Å². The number of guanidine groups is 1. The predicted octanol–water partition coefficient (Wildman–Crippen LogP) is 2.84. The zero-order chi connectivity index (χ0) is 19.8. The van der Waals surface area contributed by atoms with E-state index in [1.807, 2.05) is 0 Å². The molecule has 6 nitrogen and oxygen atoms in total. The lowest BCUT2D eigenvalue weighted by atomic mass is 10.00. The monoisotopic (exact) mass is 389 g/mol. The molecule has 0 saturated carbocycles. The first-order chi connectivity index (χ1) is 13.7. The van der Waals surface area contributed by atoms with E-state index in [1.165, 1.54) is 16.7 Å². The molecule has 28 heavy (non-hydrogen) atoms. The minimum atomic E-state index is 0.0778. The Morgan fingerprint density at radius 1 is 1.29 bits per heavy atom. The highest BCUT2D eigenvalue weighted by atomic mass is 16.5. The van der Waals surface area contributed by atoms with E-state index in [9.17, 15) is 0 Å². The lowest BCUT2D eigenvalue weighted by Crippen LogP contribution is -2.48. The van der Waals surface area contributed by atoms with Crippen molar-refractivity contribution >= 4 is 5.96 Å². The van der Waals surface area contributed by atoms with Crippen molar-refractivity contribution in [2.75, 3.05) is 52.6 Å². The topological polar surface area (TPSA) is 55.3 Å². The third kappa shape index (κ3) is 5.93. The molecule has 2 fully saturated rings. The molecule has 0 amide bonds. The maximum atomic E-state index is 6.08. The van der Waals surface area contributed by atoms with Crippen LogP contribution in [0, 0.1) is 13.8 Å². The second kappa shape index (κ2) is 10.8. The third-order valence-electron chi connectivity index (χ3n) is 5.30. The van der Waals surface area contributed by atoms with E-state index in [4.69, 9.17) is 19.2 Å². The van der Waals surface area contributed by atoms with E-state index in [-0.39, 0.29) is 12.2 Å². The lowest BCUT2D eigenvalue weighted by molar-refractivity contribution is -0.00848. The van der Waals surface area contributed by atoms with E-state index in [0.29, 0.717) is 26.4 Å². The molecule has 2 aliphatic rings. The summed E-state index contributed by atoms with van der Waals surface area (Å²) in [4.78, 5) is 7.08. The Labute approximate surface area is 169 Å². The molecule has 2 atom stereocenters. The van der Waals surface area contributed by atoms with Gasteiger partial charge in [-0.15, -0.1) is 0 Å². The molecule has 0 spiro atoms. The minimum Gasteiger partial charge on any atom is -0.377 e. The smallest absolute Gasteiger partial charge is 0.194 e. The van der Waals surface area contributed by atoms with Crippen molar-refractivity contribution in [1.29, 1.82) is 0 Å². The van der Waals surface area contributed by atoms with Gasteiger partial charge in [0.05, 0.1) is 39.0 Å². The number of nitrogens with zero attached hydrogens (tertiary/aromatic N) is 2. The molecule has 156 valence electrons. The van der Waals surface area contributed by atoms with Crippen molar-refractivity contribution in [3.05, 3.63) is 34.9 Å². The minimum absolute atomic E-state index is 0.0778. The first-order valence-corrected chi connectivity index (χ1v) is 10.6. The Balaban J connectivity index is 1.54. The highest BCUT2D eigenvalue weighted by Crippen LogP contribution is 2.25. The van der Waals surface area contributed by atoms with Gasteiger partial charge in [-0.05, 0) is 44.7 Å². The Bertz CT molecular complexity index is 644. The standard InChI is InChI=1S/C22H35N3O3/c1-4-23-22(24-9-12-26-16-19-6-5-11-27-19)25-10-13-28-21(15-25)20-8-7-17(2)14-18(20)3/h7-8,14,19,21H,4-6,9-13,15-16H2,1-3H3,(H,23,24). The molecule has 0 aromatic heterocycles. The highest BCUT2D eigenvalue weighted by Gasteiger charge is 2.25. The number of benzene rings is 1. The molecule has 2 heterocycles. The normalized spacial score (nSPS) is 23.2. The molecule has 3 rings (SSSR count). The quantitative estimate of drug-likeness (QED) is 0.442. The number of hydrogen-bond acceptors (Lipinski definition) is 4. The molecule has 6 heteroatoms. The summed E-state index contributed by atoms with van der Waals surface area (Å²) in [7, 11) is 0. The number of ether oxygens (including phenoxy) is 3. The largest absolute Gasteiger partial charge is 0.377 e. The summed E-state index contributed by atoms with van der Waals surface area (Å²) < 4.78 is 17.4. The van der Waals surface area contributed by atoms with Gasteiger partial charge in [0.2, 0.25) is 0 Å². The Morgan fingerprint density at radius 2 is 2.18 bits per heavy atom. The van der Waals surface area contributed by atoms with Crippen LogP contribution in [0.5, 0.6) is 0 Å². The highest BCUT2D eigenvalue weighted by molar-refractivity contribution is 5.80. The molecule has 2 unspecified atom stereocenters. The fraction of sp³-hybridized carbons (Fsp3) is 0.682. The summed E-state index contributed by atoms with van der Waals surface area (Å²) >= 11 is 0. The van der Waals surface area contributed by atoms with Gasteiger partial charge in [0.1, 0.15) is 6.10 Å². The van der Waals surface area contributed by atoms with Crippen molar-refractivity contribution < 1.29 is 14.2 Å². The van der Waals surface area contributed by atoms with Gasteiger partial charge in [-0.25, -0.2) is 0 Å². The van der Waals surface area contributed by atoms with Gasteiger partial charge in [-0.2, -0.15) is 0 Å². The van der Waals surface area contributed by atoms with Gasteiger partial charge in [-0.1, -0.05) is 23.8 Å². The van der Waals surface area contributed by atoms with Gasteiger partial charge in [-0.3, -0.25) is 4.99 Å². The molecular weight excluding hydrogens is 354 g/mol. The SMILES string of the molecule is CCNC(=NCCOCC1CCCO1)N1CCOC(c2ccc(C)cc2C)C1. The van der Waals surface area contributed by atoms with Gasteiger partial charge in [0.15, 0.2) is 5.96 Å². The van der Waals surface area contributed by atoms with E-state index in [0.717, 1.165) is 45.0 Å². The van der Waals surface area contributed by atoms with Crippen molar-refractivity contribution in [2.24, 2.45) is 4.99 Å². The van der Waals surface area contributed by atoms with Crippen LogP contribution in [0.25, 0.3) is 0 Å². The summed E-state index contributed by atoms with van der Waals surface area (Å²) in [6.45, 7) is 12.4. The summed E-state index contributed by atoms with van der Waals surface area (Å²) in [5.41, 5.74) is 3.84. The average Bonchev–Trinajstić information content (AvgIpc) is 3.20. The zero-order valence-corrected chi connectivity index (χ0v) is 17.6. The van der Waals surface area contributed by atoms with Gasteiger partial charge >= 0.3 is 0 Å². The molecule has 1 aromatic rings. The van der Waals surface area contributed by atoms with Gasteiger partial charge in [0, 0.05) is 19.7 Å². The van der Waals surface area contributed by atoms with E-state index >= 15 is 0 Å². The third-order valence-corrected chi connectivity index (χ3v) is 5.30. The average molecular weight is 390 g/mol. The Morgan fingerprint density at radius 3 is 2.93 bits per heavy atom. The summed E-state index contributed by atoms with van der Waals surface area (Å²) in [5.74, 6) is 0.946. The molecule has 0 bridgehead atoms. The fourth-order valence-corrected chi connectivity index (χ4v) is 3.85. The number of hydrogen-bond donors (Lipinski definition) is 1. The molecule has 0 aliphatic carbocycles. The summed E-state index contributed by atoms with van der Waals surface area (Å²) in [5, 5.41) is 3.42. The molecule has 2 aliphatic heterocycles.